The van der Waals surface area contributed by atoms with Crippen molar-refractivity contribution in [2.75, 3.05) is 0 Å². The number of nitrogens with zero attached hydrogens (tertiary/aromatic N) is 1. The lowest BCUT2D eigenvalue weighted by Gasteiger charge is -2.08. The minimum Gasteiger partial charge on any atom is -0.346 e. The molecule has 0 aliphatic rings. The first-order chi connectivity index (χ1) is 9.08. The van der Waals surface area contributed by atoms with Crippen LogP contribution in [0.5, 0.6) is 0 Å². The zero-order chi connectivity index (χ0) is 13.8. The molecule has 1 N–H and O–H groups in total. The highest BCUT2D eigenvalue weighted by atomic mass is 79.9. The van der Waals surface area contributed by atoms with Crippen LogP contribution in [0.25, 0.3) is 0 Å². The molecule has 0 spiro atoms. The highest BCUT2D eigenvalue weighted by molar-refractivity contribution is 9.10. The van der Waals surface area contributed by atoms with E-state index in [2.05, 4.69) is 26.2 Å². The molecule has 98 valence electrons. The van der Waals surface area contributed by atoms with Crippen LogP contribution in [0.15, 0.2) is 41.0 Å². The number of benzene rings is 1. The van der Waals surface area contributed by atoms with Crippen molar-refractivity contribution < 1.29 is 9.18 Å². The summed E-state index contributed by atoms with van der Waals surface area (Å²) in [6.45, 7) is 2.24. The molecule has 0 aliphatic carbocycles. The average molecular weight is 323 g/mol. The third-order valence-electron chi connectivity index (χ3n) is 2.71. The van der Waals surface area contributed by atoms with Gasteiger partial charge < -0.3 is 5.32 Å². The fourth-order valence-corrected chi connectivity index (χ4v) is 2.06. The van der Waals surface area contributed by atoms with Crippen LogP contribution in [-0.4, -0.2) is 10.9 Å². The summed E-state index contributed by atoms with van der Waals surface area (Å²) in [6, 6.07) is 7.77. The second kappa shape index (κ2) is 5.93. The van der Waals surface area contributed by atoms with Gasteiger partial charge >= 0.3 is 0 Å². The quantitative estimate of drug-likeness (QED) is 0.942. The van der Waals surface area contributed by atoms with Gasteiger partial charge in [0.1, 0.15) is 5.82 Å². The SMILES string of the molecule is Cc1cccnc1CNC(=O)c1cc(F)ccc1Br. The van der Waals surface area contributed by atoms with Gasteiger partial charge in [-0.2, -0.15) is 0 Å². The van der Waals surface area contributed by atoms with Crippen LogP contribution in [0, 0.1) is 12.7 Å². The zero-order valence-corrected chi connectivity index (χ0v) is 11.9. The zero-order valence-electron chi connectivity index (χ0n) is 10.3. The van der Waals surface area contributed by atoms with E-state index in [4.69, 9.17) is 0 Å². The molecule has 0 aliphatic heterocycles. The largest absolute Gasteiger partial charge is 0.346 e. The van der Waals surface area contributed by atoms with E-state index >= 15 is 0 Å². The van der Waals surface area contributed by atoms with Gasteiger partial charge in [0.15, 0.2) is 0 Å². The van der Waals surface area contributed by atoms with Crippen molar-refractivity contribution in [3.8, 4) is 0 Å². The summed E-state index contributed by atoms with van der Waals surface area (Å²) >= 11 is 3.23. The molecule has 0 saturated heterocycles. The predicted molar refractivity (Wildman–Crippen MR) is 74.2 cm³/mol. The number of rotatable bonds is 3. The Balaban J connectivity index is 2.10. The molecule has 2 rings (SSSR count). The van der Waals surface area contributed by atoms with Crippen molar-refractivity contribution in [1.82, 2.24) is 10.3 Å². The molecule has 0 radical (unpaired) electrons. The number of carbonyl (C=O) groups is 1. The van der Waals surface area contributed by atoms with Gasteiger partial charge in [-0.25, -0.2) is 4.39 Å². The third kappa shape index (κ3) is 3.38. The molecule has 5 heteroatoms. The molecule has 1 aromatic carbocycles. The van der Waals surface area contributed by atoms with Crippen molar-refractivity contribution >= 4 is 21.8 Å². The molecule has 3 nitrogen and oxygen atoms in total. The monoisotopic (exact) mass is 322 g/mol. The highest BCUT2D eigenvalue weighted by Gasteiger charge is 2.11. The maximum absolute atomic E-state index is 13.1. The van der Waals surface area contributed by atoms with Gasteiger partial charge in [-0.1, -0.05) is 6.07 Å². The van der Waals surface area contributed by atoms with Crippen LogP contribution in [0.2, 0.25) is 0 Å². The van der Waals surface area contributed by atoms with Crippen LogP contribution in [0.3, 0.4) is 0 Å². The molecule has 0 saturated carbocycles. The van der Waals surface area contributed by atoms with Gasteiger partial charge in [-0.05, 0) is 52.7 Å². The van der Waals surface area contributed by atoms with Crippen molar-refractivity contribution in [2.24, 2.45) is 0 Å². The minimum absolute atomic E-state index is 0.272. The molecule has 0 bridgehead atoms. The first-order valence-electron chi connectivity index (χ1n) is 5.71. The van der Waals surface area contributed by atoms with E-state index in [1.807, 2.05) is 19.1 Å². The molecular formula is C14H12BrFN2O. The summed E-state index contributed by atoms with van der Waals surface area (Å²) in [5.74, 6) is -0.779. The van der Waals surface area contributed by atoms with E-state index < -0.39 is 5.82 Å². The average Bonchev–Trinajstić information content (AvgIpc) is 2.40. The van der Waals surface area contributed by atoms with Crippen molar-refractivity contribution in [2.45, 2.75) is 13.5 Å². The van der Waals surface area contributed by atoms with Gasteiger partial charge in [0, 0.05) is 10.7 Å². The number of hydrogen-bond donors (Lipinski definition) is 1. The smallest absolute Gasteiger partial charge is 0.252 e. The second-order valence-corrected chi connectivity index (χ2v) is 4.93. The molecule has 1 amide bonds. The van der Waals surface area contributed by atoms with E-state index in [0.717, 1.165) is 11.3 Å². The van der Waals surface area contributed by atoms with E-state index in [-0.39, 0.29) is 11.5 Å². The summed E-state index contributed by atoms with van der Waals surface area (Å²) in [5.41, 5.74) is 2.07. The lowest BCUT2D eigenvalue weighted by molar-refractivity contribution is 0.0949. The fraction of sp³-hybridized carbons (Fsp3) is 0.143. The van der Waals surface area contributed by atoms with Crippen molar-refractivity contribution in [3.05, 3.63) is 63.6 Å². The highest BCUT2D eigenvalue weighted by Crippen LogP contribution is 2.17. The molecular weight excluding hydrogens is 311 g/mol. The second-order valence-electron chi connectivity index (χ2n) is 4.07. The van der Waals surface area contributed by atoms with Gasteiger partial charge in [0.25, 0.3) is 5.91 Å². The topological polar surface area (TPSA) is 42.0 Å². The number of nitrogens with one attached hydrogen (secondary N) is 1. The van der Waals surface area contributed by atoms with Crippen molar-refractivity contribution in [3.63, 3.8) is 0 Å². The Morgan fingerprint density at radius 2 is 2.21 bits per heavy atom. The van der Waals surface area contributed by atoms with E-state index in [0.29, 0.717) is 11.0 Å². The summed E-state index contributed by atoms with van der Waals surface area (Å²) in [5, 5.41) is 2.73. The van der Waals surface area contributed by atoms with Gasteiger partial charge in [0.05, 0.1) is 17.8 Å². The number of hydrogen-bond acceptors (Lipinski definition) is 2. The summed E-state index contributed by atoms with van der Waals surface area (Å²) in [6.07, 6.45) is 1.67. The maximum Gasteiger partial charge on any atom is 0.252 e. The standard InChI is InChI=1S/C14H12BrFN2O/c1-9-3-2-6-17-13(9)8-18-14(19)11-7-10(16)4-5-12(11)15/h2-7H,8H2,1H3,(H,18,19). The summed E-state index contributed by atoms with van der Waals surface area (Å²) < 4.78 is 13.7. The molecule has 2 aromatic rings. The van der Waals surface area contributed by atoms with Crippen LogP contribution in [-0.2, 0) is 6.54 Å². The number of amides is 1. The Hall–Kier alpha value is -1.75. The van der Waals surface area contributed by atoms with E-state index in [1.165, 1.54) is 18.2 Å². The number of aromatic nitrogens is 1. The number of pyridine rings is 1. The van der Waals surface area contributed by atoms with Crippen LogP contribution in [0.4, 0.5) is 4.39 Å². The normalized spacial score (nSPS) is 10.3. The van der Waals surface area contributed by atoms with E-state index in [9.17, 15) is 9.18 Å². The molecule has 0 fully saturated rings. The van der Waals surface area contributed by atoms with Crippen LogP contribution >= 0.6 is 15.9 Å². The molecule has 1 heterocycles. The van der Waals surface area contributed by atoms with Gasteiger partial charge in [-0.3, -0.25) is 9.78 Å². The predicted octanol–water partition coefficient (Wildman–Crippen LogP) is 3.22. The minimum atomic E-state index is -0.442. The Bertz CT molecular complexity index is 616. The first-order valence-corrected chi connectivity index (χ1v) is 6.51. The number of aryl methyl sites for hydroxylation is 1. The van der Waals surface area contributed by atoms with Gasteiger partial charge in [-0.15, -0.1) is 0 Å². The Kier molecular flexibility index (Phi) is 4.27. The molecule has 19 heavy (non-hydrogen) atoms. The molecule has 1 aromatic heterocycles. The Morgan fingerprint density at radius 3 is 2.95 bits per heavy atom. The Labute approximate surface area is 119 Å². The molecule has 0 unspecified atom stereocenters. The van der Waals surface area contributed by atoms with E-state index in [1.54, 1.807) is 6.20 Å². The lowest BCUT2D eigenvalue weighted by atomic mass is 10.2. The molecule has 0 atom stereocenters. The first kappa shape index (κ1) is 13.7. The number of halogens is 2. The summed E-state index contributed by atoms with van der Waals surface area (Å²) in [7, 11) is 0. The van der Waals surface area contributed by atoms with Crippen LogP contribution in [0.1, 0.15) is 21.6 Å². The van der Waals surface area contributed by atoms with Crippen LogP contribution < -0.4 is 5.32 Å². The Morgan fingerprint density at radius 1 is 1.42 bits per heavy atom. The number of carbonyl (C=O) groups excluding carboxylic acids is 1. The summed E-state index contributed by atoms with van der Waals surface area (Å²) in [4.78, 5) is 16.2. The van der Waals surface area contributed by atoms with Gasteiger partial charge in [0.2, 0.25) is 0 Å². The maximum atomic E-state index is 13.1. The fourth-order valence-electron chi connectivity index (χ4n) is 1.63. The lowest BCUT2D eigenvalue weighted by Crippen LogP contribution is -2.24. The van der Waals surface area contributed by atoms with Crippen molar-refractivity contribution in [1.29, 1.82) is 0 Å². The third-order valence-corrected chi connectivity index (χ3v) is 3.40.